The maximum Gasteiger partial charge on any atom is 0.329 e. The molecule has 16 heavy (non-hydrogen) atoms. The zero-order valence-corrected chi connectivity index (χ0v) is 8.84. The molecule has 0 heterocycles. The first-order chi connectivity index (χ1) is 7.72. The van der Waals surface area contributed by atoms with Crippen molar-refractivity contribution in [3.63, 3.8) is 0 Å². The van der Waals surface area contributed by atoms with Gasteiger partial charge in [0.25, 0.3) is 0 Å². The number of benzene rings is 1. The quantitative estimate of drug-likeness (QED) is 0.621. The summed E-state index contributed by atoms with van der Waals surface area (Å²) in [6, 6.07) is 9.54. The summed E-state index contributed by atoms with van der Waals surface area (Å²) in [5.74, 6) is -1.01. The van der Waals surface area contributed by atoms with Gasteiger partial charge in [0.15, 0.2) is 0 Å². The van der Waals surface area contributed by atoms with Crippen LogP contribution in [-0.2, 0) is 11.2 Å². The lowest BCUT2D eigenvalue weighted by Crippen LogP contribution is -2.30. The van der Waals surface area contributed by atoms with E-state index in [-0.39, 0.29) is 12.6 Å². The van der Waals surface area contributed by atoms with Gasteiger partial charge in [-0.1, -0.05) is 30.3 Å². The molecule has 0 aliphatic carbocycles. The first kappa shape index (κ1) is 12.3. The maximum atomic E-state index is 10.2. The highest BCUT2D eigenvalue weighted by atomic mass is 16.4. The molecule has 0 saturated carbocycles. The van der Waals surface area contributed by atoms with Crippen molar-refractivity contribution in [3.8, 4) is 0 Å². The highest BCUT2D eigenvalue weighted by molar-refractivity contribution is 5.79. The molecule has 0 aliphatic rings. The maximum absolute atomic E-state index is 10.2. The second-order valence-corrected chi connectivity index (χ2v) is 3.41. The van der Waals surface area contributed by atoms with E-state index >= 15 is 0 Å². The summed E-state index contributed by atoms with van der Waals surface area (Å²) in [5.41, 5.74) is 1.10. The topological polar surface area (TPSA) is 69.6 Å². The molecule has 0 aromatic heterocycles. The summed E-state index contributed by atoms with van der Waals surface area (Å²) in [7, 11) is 0. The molecule has 4 nitrogen and oxygen atoms in total. The first-order valence-electron chi connectivity index (χ1n) is 5.02. The third-order valence-electron chi connectivity index (χ3n) is 2.10. The van der Waals surface area contributed by atoms with Gasteiger partial charge in [-0.2, -0.15) is 0 Å². The van der Waals surface area contributed by atoms with Gasteiger partial charge in [-0.05, 0) is 12.0 Å². The Morgan fingerprint density at radius 3 is 2.62 bits per heavy atom. The number of carboxylic acid groups (broad SMARTS) is 1. The zero-order chi connectivity index (χ0) is 11.8. The molecule has 1 aromatic rings. The van der Waals surface area contributed by atoms with Crippen LogP contribution in [0.1, 0.15) is 5.56 Å². The highest BCUT2D eigenvalue weighted by Gasteiger charge is 2.05. The fourth-order valence-electron chi connectivity index (χ4n) is 1.33. The van der Waals surface area contributed by atoms with E-state index in [4.69, 9.17) is 10.2 Å². The van der Waals surface area contributed by atoms with Gasteiger partial charge in [0, 0.05) is 12.3 Å². The van der Waals surface area contributed by atoms with Crippen molar-refractivity contribution in [1.82, 2.24) is 5.32 Å². The number of nitrogens with one attached hydrogen (secondary N) is 1. The monoisotopic (exact) mass is 221 g/mol. The minimum atomic E-state index is -1.01. The average molecular weight is 221 g/mol. The lowest BCUT2D eigenvalue weighted by atomic mass is 10.1. The third-order valence-corrected chi connectivity index (χ3v) is 2.10. The Balaban J connectivity index is 2.46. The van der Waals surface area contributed by atoms with Gasteiger partial charge in [0.1, 0.15) is 0 Å². The van der Waals surface area contributed by atoms with Crippen molar-refractivity contribution in [2.45, 2.75) is 12.5 Å². The van der Waals surface area contributed by atoms with E-state index in [1.54, 1.807) is 0 Å². The van der Waals surface area contributed by atoms with Crippen LogP contribution in [0, 0.1) is 0 Å². The first-order valence-corrected chi connectivity index (χ1v) is 5.02. The number of carboxylic acids is 1. The van der Waals surface area contributed by atoms with Crippen molar-refractivity contribution in [2.75, 3.05) is 6.61 Å². The molecule has 0 saturated heterocycles. The predicted octanol–water partition coefficient (Wildman–Crippen LogP) is 0.778. The van der Waals surface area contributed by atoms with Gasteiger partial charge in [0.2, 0.25) is 0 Å². The van der Waals surface area contributed by atoms with Crippen LogP contribution in [0.4, 0.5) is 0 Å². The largest absolute Gasteiger partial charge is 0.478 e. The molecule has 86 valence electrons. The van der Waals surface area contributed by atoms with Crippen molar-refractivity contribution in [3.05, 3.63) is 48.2 Å². The summed E-state index contributed by atoms with van der Waals surface area (Å²) in [6.07, 6.45) is 3.00. The molecular weight excluding hydrogens is 206 g/mol. The van der Waals surface area contributed by atoms with E-state index < -0.39 is 5.97 Å². The van der Waals surface area contributed by atoms with Gasteiger partial charge in [-0.15, -0.1) is 0 Å². The van der Waals surface area contributed by atoms with Gasteiger partial charge >= 0.3 is 5.97 Å². The molecular formula is C12H15NO3. The van der Waals surface area contributed by atoms with Crippen LogP contribution in [0.5, 0.6) is 0 Å². The van der Waals surface area contributed by atoms with Crippen LogP contribution in [-0.4, -0.2) is 28.8 Å². The van der Waals surface area contributed by atoms with Crippen molar-refractivity contribution < 1.29 is 15.0 Å². The normalized spacial score (nSPS) is 12.6. The van der Waals surface area contributed by atoms with E-state index in [1.165, 1.54) is 6.20 Å². The Bertz CT molecular complexity index is 349. The SMILES string of the molecule is O=C(O)/C=C/NC(CO)Cc1ccccc1. The smallest absolute Gasteiger partial charge is 0.329 e. The lowest BCUT2D eigenvalue weighted by Gasteiger charge is -2.14. The predicted molar refractivity (Wildman–Crippen MR) is 60.9 cm³/mol. The number of carbonyl (C=O) groups is 1. The molecule has 4 heteroatoms. The average Bonchev–Trinajstić information content (AvgIpc) is 2.28. The standard InChI is InChI=1S/C12H15NO3/c14-9-11(13-7-6-12(15)16)8-10-4-2-1-3-5-10/h1-7,11,13-14H,8-9H2,(H,15,16)/b7-6+. The van der Waals surface area contributed by atoms with Gasteiger partial charge in [-0.25, -0.2) is 4.79 Å². The second kappa shape index (κ2) is 6.63. The van der Waals surface area contributed by atoms with Crippen LogP contribution in [0.2, 0.25) is 0 Å². The van der Waals surface area contributed by atoms with Crippen LogP contribution < -0.4 is 5.32 Å². The lowest BCUT2D eigenvalue weighted by molar-refractivity contribution is -0.131. The Labute approximate surface area is 94.2 Å². The Hall–Kier alpha value is -1.81. The number of hydrogen-bond acceptors (Lipinski definition) is 3. The van der Waals surface area contributed by atoms with Crippen molar-refractivity contribution in [2.24, 2.45) is 0 Å². The van der Waals surface area contributed by atoms with Crippen LogP contribution >= 0.6 is 0 Å². The molecule has 0 fully saturated rings. The van der Waals surface area contributed by atoms with Crippen molar-refractivity contribution in [1.29, 1.82) is 0 Å². The minimum absolute atomic E-state index is 0.0428. The fraction of sp³-hybridized carbons (Fsp3) is 0.250. The molecule has 1 atom stereocenters. The molecule has 0 amide bonds. The Kier molecular flexibility index (Phi) is 5.08. The van der Waals surface area contributed by atoms with Crippen LogP contribution in [0.15, 0.2) is 42.6 Å². The van der Waals surface area contributed by atoms with Gasteiger partial charge < -0.3 is 15.5 Å². The van der Waals surface area contributed by atoms with E-state index in [9.17, 15) is 4.79 Å². The molecule has 0 bridgehead atoms. The number of aliphatic hydroxyl groups excluding tert-OH is 1. The van der Waals surface area contributed by atoms with E-state index in [0.29, 0.717) is 6.42 Å². The Morgan fingerprint density at radius 1 is 1.38 bits per heavy atom. The van der Waals surface area contributed by atoms with Crippen LogP contribution in [0.3, 0.4) is 0 Å². The molecule has 0 radical (unpaired) electrons. The van der Waals surface area contributed by atoms with E-state index in [2.05, 4.69) is 5.32 Å². The molecule has 3 N–H and O–H groups in total. The second-order valence-electron chi connectivity index (χ2n) is 3.41. The van der Waals surface area contributed by atoms with Crippen LogP contribution in [0.25, 0.3) is 0 Å². The minimum Gasteiger partial charge on any atom is -0.478 e. The van der Waals surface area contributed by atoms with Gasteiger partial charge in [-0.3, -0.25) is 0 Å². The summed E-state index contributed by atoms with van der Waals surface area (Å²) in [5, 5.41) is 20.3. The molecule has 1 unspecified atom stereocenters. The summed E-state index contributed by atoms with van der Waals surface area (Å²) in [6.45, 7) is -0.0428. The third kappa shape index (κ3) is 4.61. The summed E-state index contributed by atoms with van der Waals surface area (Å²) in [4.78, 5) is 10.2. The highest BCUT2D eigenvalue weighted by Crippen LogP contribution is 2.02. The molecule has 1 rings (SSSR count). The Morgan fingerprint density at radius 2 is 2.06 bits per heavy atom. The van der Waals surface area contributed by atoms with E-state index in [0.717, 1.165) is 11.6 Å². The fourth-order valence-corrected chi connectivity index (χ4v) is 1.33. The van der Waals surface area contributed by atoms with E-state index in [1.807, 2.05) is 30.3 Å². The van der Waals surface area contributed by atoms with Gasteiger partial charge in [0.05, 0.1) is 12.6 Å². The molecule has 1 aromatic carbocycles. The zero-order valence-electron chi connectivity index (χ0n) is 8.84. The number of rotatable bonds is 6. The number of aliphatic carboxylic acids is 1. The van der Waals surface area contributed by atoms with Crippen molar-refractivity contribution >= 4 is 5.97 Å². The summed E-state index contributed by atoms with van der Waals surface area (Å²) >= 11 is 0. The molecule has 0 aliphatic heterocycles. The number of aliphatic hydroxyl groups is 1. The number of hydrogen-bond donors (Lipinski definition) is 3. The summed E-state index contributed by atoms with van der Waals surface area (Å²) < 4.78 is 0. The molecule has 0 spiro atoms.